The first kappa shape index (κ1) is 18.9. The average molecular weight is 407 g/mol. The first-order valence-electron chi connectivity index (χ1n) is 12.2. The van der Waals surface area contributed by atoms with E-state index in [2.05, 4.69) is 40.2 Å². The minimum Gasteiger partial charge on any atom is -0.464 e. The van der Waals surface area contributed by atoms with Gasteiger partial charge >= 0.3 is 0 Å². The number of carbonyl (C=O) groups is 1. The molecule has 4 heteroatoms. The van der Waals surface area contributed by atoms with E-state index in [0.29, 0.717) is 30.3 Å². The molecule has 7 rings (SSSR count). The van der Waals surface area contributed by atoms with Gasteiger partial charge in [0.05, 0.1) is 6.04 Å². The number of allylic oxidation sites excluding steroid dienone is 3. The van der Waals surface area contributed by atoms with Gasteiger partial charge in [-0.25, -0.2) is 0 Å². The Kier molecular flexibility index (Phi) is 4.67. The van der Waals surface area contributed by atoms with Gasteiger partial charge in [0, 0.05) is 37.4 Å². The number of carbonyl (C=O) groups excluding carboxylic acids is 1. The number of piperidine rings is 1. The van der Waals surface area contributed by atoms with Crippen molar-refractivity contribution in [3.8, 4) is 0 Å². The van der Waals surface area contributed by atoms with Crippen molar-refractivity contribution in [1.29, 1.82) is 0 Å². The molecule has 0 saturated carbocycles. The number of hydrogen-bond donors (Lipinski definition) is 0. The van der Waals surface area contributed by atoms with Crippen LogP contribution in [0.2, 0.25) is 0 Å². The second-order valence-corrected chi connectivity index (χ2v) is 10.2. The Bertz CT molecular complexity index is 884. The van der Waals surface area contributed by atoms with Crippen molar-refractivity contribution in [3.05, 3.63) is 47.5 Å². The minimum atomic E-state index is 0.137. The summed E-state index contributed by atoms with van der Waals surface area (Å²) in [7, 11) is 0. The predicted octanol–water partition coefficient (Wildman–Crippen LogP) is 5.12. The summed E-state index contributed by atoms with van der Waals surface area (Å²) in [6, 6.07) is 3.23. The van der Waals surface area contributed by atoms with E-state index in [-0.39, 0.29) is 5.41 Å². The minimum absolute atomic E-state index is 0.137. The lowest BCUT2D eigenvalue weighted by Gasteiger charge is -2.45. The summed E-state index contributed by atoms with van der Waals surface area (Å²) >= 11 is 0. The molecule has 6 bridgehead atoms. The van der Waals surface area contributed by atoms with Gasteiger partial charge < -0.3 is 9.32 Å². The Morgan fingerprint density at radius 1 is 1.00 bits per heavy atom. The molecule has 160 valence electrons. The highest BCUT2D eigenvalue weighted by molar-refractivity contribution is 5.76. The molecular weight excluding hydrogens is 372 g/mol. The second kappa shape index (κ2) is 7.40. The van der Waals surface area contributed by atoms with Crippen LogP contribution in [0.3, 0.4) is 0 Å². The molecule has 30 heavy (non-hydrogen) atoms. The largest absolute Gasteiger partial charge is 0.464 e. The van der Waals surface area contributed by atoms with E-state index in [4.69, 9.17) is 4.42 Å². The van der Waals surface area contributed by atoms with Gasteiger partial charge in [0.2, 0.25) is 5.91 Å². The SMILES string of the molecule is O=C1CCC/C=C\CCc2cc3c(o2)[C@@H]2N4CCCC/C=C\[C@H]4C[C@@]24CN1CC[C@@H]34. The van der Waals surface area contributed by atoms with Crippen LogP contribution in [0.15, 0.2) is 34.8 Å². The lowest BCUT2D eigenvalue weighted by atomic mass is 9.68. The van der Waals surface area contributed by atoms with Gasteiger partial charge in [-0.1, -0.05) is 24.3 Å². The molecule has 6 heterocycles. The summed E-state index contributed by atoms with van der Waals surface area (Å²) in [6.45, 7) is 2.98. The average Bonchev–Trinajstić information content (AvgIpc) is 3.32. The Balaban J connectivity index is 1.44. The number of furan rings is 1. The van der Waals surface area contributed by atoms with E-state index in [1.165, 1.54) is 37.0 Å². The molecule has 1 spiro atoms. The van der Waals surface area contributed by atoms with Crippen LogP contribution in [0.4, 0.5) is 0 Å². The summed E-state index contributed by atoms with van der Waals surface area (Å²) < 4.78 is 6.64. The molecule has 1 aliphatic carbocycles. The summed E-state index contributed by atoms with van der Waals surface area (Å²) in [5.74, 6) is 3.32. The maximum atomic E-state index is 13.1. The Morgan fingerprint density at radius 2 is 1.90 bits per heavy atom. The van der Waals surface area contributed by atoms with E-state index in [0.717, 1.165) is 57.5 Å². The maximum Gasteiger partial charge on any atom is 0.222 e. The lowest BCUT2D eigenvalue weighted by molar-refractivity contribution is -0.135. The first-order valence-corrected chi connectivity index (χ1v) is 12.2. The third-order valence-corrected chi connectivity index (χ3v) is 8.46. The van der Waals surface area contributed by atoms with Gasteiger partial charge in [-0.3, -0.25) is 9.69 Å². The molecule has 0 aromatic carbocycles. The van der Waals surface area contributed by atoms with Crippen LogP contribution in [0.1, 0.15) is 86.8 Å². The molecule has 0 N–H and O–H groups in total. The Labute approximate surface area is 180 Å². The molecule has 1 aromatic heterocycles. The highest BCUT2D eigenvalue weighted by atomic mass is 16.3. The van der Waals surface area contributed by atoms with E-state index >= 15 is 0 Å². The number of hydrogen-bond acceptors (Lipinski definition) is 3. The Hall–Kier alpha value is -1.81. The van der Waals surface area contributed by atoms with Gasteiger partial charge in [-0.15, -0.1) is 0 Å². The second-order valence-electron chi connectivity index (χ2n) is 10.2. The fraction of sp³-hybridized carbons (Fsp3) is 0.654. The number of aryl methyl sites for hydroxylation is 1. The number of nitrogens with zero attached hydrogens (tertiary/aromatic N) is 2. The van der Waals surface area contributed by atoms with Crippen molar-refractivity contribution in [2.75, 3.05) is 19.6 Å². The summed E-state index contributed by atoms with van der Waals surface area (Å²) in [4.78, 5) is 18.1. The van der Waals surface area contributed by atoms with Gasteiger partial charge in [0.15, 0.2) is 0 Å². The van der Waals surface area contributed by atoms with Crippen LogP contribution in [-0.2, 0) is 11.2 Å². The molecule has 6 aliphatic rings. The van der Waals surface area contributed by atoms with Crippen LogP contribution in [0.25, 0.3) is 0 Å². The topological polar surface area (TPSA) is 36.7 Å². The lowest BCUT2D eigenvalue weighted by Crippen LogP contribution is -2.49. The standard InChI is InChI=1S/C26H34N2O2/c29-23-12-8-3-1-2-7-11-20-16-21-22-13-15-27(23)18-26(22)17-19-10-6-4-5-9-14-28(19)25(26)24(21)30-20/h1-2,6,10,16,19,22,25H,3-5,7-9,11-15,17-18H2/b2-1-,10-6-/t19-,22-,25-,26-/m0/s1. The maximum absolute atomic E-state index is 13.1. The monoisotopic (exact) mass is 406 g/mol. The highest BCUT2D eigenvalue weighted by Crippen LogP contribution is 2.67. The number of fused-ring (bicyclic) bond motifs is 8. The third-order valence-electron chi connectivity index (χ3n) is 8.46. The zero-order chi connectivity index (χ0) is 20.1. The van der Waals surface area contributed by atoms with Crippen LogP contribution in [0, 0.1) is 5.41 Å². The molecule has 1 aromatic rings. The molecule has 2 saturated heterocycles. The van der Waals surface area contributed by atoms with Crippen molar-refractivity contribution < 1.29 is 9.21 Å². The Morgan fingerprint density at radius 3 is 2.87 bits per heavy atom. The normalized spacial score (nSPS) is 38.5. The van der Waals surface area contributed by atoms with E-state index in [9.17, 15) is 4.79 Å². The third kappa shape index (κ3) is 2.86. The summed E-state index contributed by atoms with van der Waals surface area (Å²) in [5, 5.41) is 0. The van der Waals surface area contributed by atoms with Crippen LogP contribution < -0.4 is 0 Å². The molecule has 5 aliphatic heterocycles. The van der Waals surface area contributed by atoms with Crippen LogP contribution >= 0.6 is 0 Å². The zero-order valence-corrected chi connectivity index (χ0v) is 18.0. The molecule has 4 atom stereocenters. The van der Waals surface area contributed by atoms with Crippen molar-refractivity contribution in [2.24, 2.45) is 5.41 Å². The van der Waals surface area contributed by atoms with E-state index in [1.807, 2.05) is 0 Å². The number of rotatable bonds is 0. The van der Waals surface area contributed by atoms with Crippen LogP contribution in [-0.4, -0.2) is 41.4 Å². The van der Waals surface area contributed by atoms with Crippen LogP contribution in [0.5, 0.6) is 0 Å². The van der Waals surface area contributed by atoms with Crippen molar-refractivity contribution in [3.63, 3.8) is 0 Å². The van der Waals surface area contributed by atoms with Gasteiger partial charge in [-0.05, 0) is 75.5 Å². The van der Waals surface area contributed by atoms with E-state index < -0.39 is 0 Å². The molecular formula is C26H34N2O2. The van der Waals surface area contributed by atoms with Crippen molar-refractivity contribution >= 4 is 5.91 Å². The highest BCUT2D eigenvalue weighted by Gasteiger charge is 2.64. The molecule has 1 amide bonds. The first-order chi connectivity index (χ1) is 14.8. The van der Waals surface area contributed by atoms with Crippen molar-refractivity contribution in [2.45, 2.75) is 82.2 Å². The summed E-state index contributed by atoms with van der Waals surface area (Å²) in [6.07, 6.45) is 20.1. The quantitative estimate of drug-likeness (QED) is 0.561. The molecule has 0 radical (unpaired) electrons. The number of amides is 1. The summed E-state index contributed by atoms with van der Waals surface area (Å²) in [5.41, 5.74) is 1.61. The molecule has 4 nitrogen and oxygen atoms in total. The fourth-order valence-corrected chi connectivity index (χ4v) is 7.19. The smallest absolute Gasteiger partial charge is 0.222 e. The molecule has 0 unspecified atom stereocenters. The zero-order valence-electron chi connectivity index (χ0n) is 18.0. The predicted molar refractivity (Wildman–Crippen MR) is 117 cm³/mol. The fourth-order valence-electron chi connectivity index (χ4n) is 7.19. The van der Waals surface area contributed by atoms with Gasteiger partial charge in [0.1, 0.15) is 11.5 Å². The van der Waals surface area contributed by atoms with Gasteiger partial charge in [0.25, 0.3) is 0 Å². The van der Waals surface area contributed by atoms with E-state index in [1.54, 1.807) is 0 Å². The molecule has 2 fully saturated rings. The van der Waals surface area contributed by atoms with Gasteiger partial charge in [-0.2, -0.15) is 0 Å². The van der Waals surface area contributed by atoms with Crippen molar-refractivity contribution in [1.82, 2.24) is 9.80 Å².